The molecule has 26 heavy (non-hydrogen) atoms. The molecule has 2 heterocycles. The van der Waals surface area contributed by atoms with Gasteiger partial charge in [0.25, 0.3) is 5.91 Å². The molecule has 6 heteroatoms. The van der Waals surface area contributed by atoms with Gasteiger partial charge in [-0.2, -0.15) is 0 Å². The van der Waals surface area contributed by atoms with Crippen LogP contribution in [0.2, 0.25) is 0 Å². The molecule has 138 valence electrons. The fraction of sp³-hybridized carbons (Fsp3) is 0.550. The van der Waals surface area contributed by atoms with E-state index in [1.165, 1.54) is 5.56 Å². The lowest BCUT2D eigenvalue weighted by Crippen LogP contribution is -2.47. The fourth-order valence-corrected chi connectivity index (χ4v) is 3.56. The third-order valence-corrected chi connectivity index (χ3v) is 5.52. The largest absolute Gasteiger partial charge is 0.388 e. The van der Waals surface area contributed by atoms with Crippen molar-refractivity contribution in [2.75, 3.05) is 13.1 Å². The molecule has 3 aliphatic rings. The fourth-order valence-electron chi connectivity index (χ4n) is 3.56. The molecular formula is C20H25N3O3. The van der Waals surface area contributed by atoms with E-state index in [2.05, 4.69) is 10.5 Å². The standard InChI is InChI=1S/C20H25N3O3/c1-14-2-4-15(5-3-14)12-18(24)23-10-8-20(9-11-23)13-17(22-26-20)19(25)21-16-6-7-16/h2-5,16H,6-13H2,1H3,(H,21,25). The summed E-state index contributed by atoms with van der Waals surface area (Å²) in [7, 11) is 0. The van der Waals surface area contributed by atoms with E-state index in [1.54, 1.807) is 0 Å². The molecule has 1 saturated heterocycles. The summed E-state index contributed by atoms with van der Waals surface area (Å²) in [6.07, 6.45) is 4.53. The molecule has 0 aromatic heterocycles. The summed E-state index contributed by atoms with van der Waals surface area (Å²) in [4.78, 5) is 32.2. The first kappa shape index (κ1) is 17.1. The minimum Gasteiger partial charge on any atom is -0.388 e. The highest BCUT2D eigenvalue weighted by Gasteiger charge is 2.44. The Bertz CT molecular complexity index is 729. The SMILES string of the molecule is Cc1ccc(CC(=O)N2CCC3(CC2)CC(C(=O)NC2CC2)=NO3)cc1. The molecular weight excluding hydrogens is 330 g/mol. The molecule has 0 radical (unpaired) electrons. The van der Waals surface area contributed by atoms with Crippen molar-refractivity contribution in [1.29, 1.82) is 0 Å². The van der Waals surface area contributed by atoms with E-state index in [0.717, 1.165) is 31.2 Å². The zero-order valence-electron chi connectivity index (χ0n) is 15.2. The second kappa shape index (κ2) is 6.74. The molecule has 1 N–H and O–H groups in total. The number of rotatable bonds is 4. The highest BCUT2D eigenvalue weighted by atomic mass is 16.7. The smallest absolute Gasteiger partial charge is 0.269 e. The summed E-state index contributed by atoms with van der Waals surface area (Å²) in [5, 5.41) is 7.00. The van der Waals surface area contributed by atoms with Gasteiger partial charge in [-0.05, 0) is 25.3 Å². The molecule has 1 saturated carbocycles. The van der Waals surface area contributed by atoms with Gasteiger partial charge in [0, 0.05) is 38.4 Å². The van der Waals surface area contributed by atoms with Crippen molar-refractivity contribution in [3.8, 4) is 0 Å². The Labute approximate surface area is 153 Å². The van der Waals surface area contributed by atoms with Crippen molar-refractivity contribution in [3.63, 3.8) is 0 Å². The molecule has 2 fully saturated rings. The van der Waals surface area contributed by atoms with Gasteiger partial charge in [-0.25, -0.2) is 0 Å². The van der Waals surface area contributed by atoms with Crippen molar-refractivity contribution in [3.05, 3.63) is 35.4 Å². The van der Waals surface area contributed by atoms with Crippen molar-refractivity contribution in [2.45, 2.75) is 57.1 Å². The Morgan fingerprint density at radius 1 is 1.23 bits per heavy atom. The van der Waals surface area contributed by atoms with Crippen LogP contribution < -0.4 is 5.32 Å². The first-order valence-corrected chi connectivity index (χ1v) is 9.42. The summed E-state index contributed by atoms with van der Waals surface area (Å²) in [6, 6.07) is 8.41. The van der Waals surface area contributed by atoms with Crippen LogP contribution in [-0.2, 0) is 20.8 Å². The monoisotopic (exact) mass is 355 g/mol. The summed E-state index contributed by atoms with van der Waals surface area (Å²) in [5.74, 6) is 0.0524. The van der Waals surface area contributed by atoms with Crippen LogP contribution in [0.25, 0.3) is 0 Å². The number of amides is 2. The number of piperidine rings is 1. The van der Waals surface area contributed by atoms with E-state index in [-0.39, 0.29) is 11.8 Å². The second-order valence-electron chi connectivity index (χ2n) is 7.78. The van der Waals surface area contributed by atoms with E-state index in [1.807, 2.05) is 36.1 Å². The van der Waals surface area contributed by atoms with Crippen LogP contribution in [0, 0.1) is 6.92 Å². The van der Waals surface area contributed by atoms with Gasteiger partial charge in [-0.3, -0.25) is 9.59 Å². The quantitative estimate of drug-likeness (QED) is 0.897. The van der Waals surface area contributed by atoms with Crippen LogP contribution in [0.4, 0.5) is 0 Å². The molecule has 1 aromatic carbocycles. The molecule has 2 amide bonds. The number of hydrogen-bond acceptors (Lipinski definition) is 4. The van der Waals surface area contributed by atoms with Gasteiger partial charge in [0.15, 0.2) is 0 Å². The number of carbonyl (C=O) groups excluding carboxylic acids is 2. The maximum Gasteiger partial charge on any atom is 0.269 e. The lowest BCUT2D eigenvalue weighted by atomic mass is 9.86. The number of aryl methyl sites for hydroxylation is 1. The Morgan fingerprint density at radius 2 is 1.92 bits per heavy atom. The van der Waals surface area contributed by atoms with E-state index >= 15 is 0 Å². The number of carbonyl (C=O) groups is 2. The van der Waals surface area contributed by atoms with Crippen molar-refractivity contribution >= 4 is 17.5 Å². The predicted octanol–water partition coefficient (Wildman–Crippen LogP) is 1.95. The maximum absolute atomic E-state index is 12.5. The van der Waals surface area contributed by atoms with Crippen LogP contribution in [0.5, 0.6) is 0 Å². The second-order valence-corrected chi connectivity index (χ2v) is 7.78. The lowest BCUT2D eigenvalue weighted by Gasteiger charge is -2.37. The summed E-state index contributed by atoms with van der Waals surface area (Å²) >= 11 is 0. The Balaban J connectivity index is 1.28. The van der Waals surface area contributed by atoms with E-state index in [4.69, 9.17) is 4.84 Å². The minimum atomic E-state index is -0.406. The van der Waals surface area contributed by atoms with Gasteiger partial charge in [-0.15, -0.1) is 0 Å². The van der Waals surface area contributed by atoms with Gasteiger partial charge in [0.1, 0.15) is 11.3 Å². The number of nitrogens with one attached hydrogen (secondary N) is 1. The summed E-state index contributed by atoms with van der Waals surface area (Å²) < 4.78 is 0. The number of oxime groups is 1. The van der Waals surface area contributed by atoms with E-state index in [0.29, 0.717) is 37.7 Å². The molecule has 0 atom stereocenters. The first-order chi connectivity index (χ1) is 12.5. The van der Waals surface area contributed by atoms with Crippen LogP contribution in [0.3, 0.4) is 0 Å². The van der Waals surface area contributed by atoms with Crippen LogP contribution >= 0.6 is 0 Å². The molecule has 6 nitrogen and oxygen atoms in total. The highest BCUT2D eigenvalue weighted by molar-refractivity contribution is 6.39. The molecule has 0 unspecified atom stereocenters. The zero-order chi connectivity index (χ0) is 18.1. The predicted molar refractivity (Wildman–Crippen MR) is 97.7 cm³/mol. The third-order valence-electron chi connectivity index (χ3n) is 5.52. The van der Waals surface area contributed by atoms with Gasteiger partial charge >= 0.3 is 0 Å². The molecule has 2 aliphatic heterocycles. The van der Waals surface area contributed by atoms with Gasteiger partial charge in [-0.1, -0.05) is 35.0 Å². The van der Waals surface area contributed by atoms with E-state index < -0.39 is 5.60 Å². The molecule has 1 spiro atoms. The summed E-state index contributed by atoms with van der Waals surface area (Å²) in [6.45, 7) is 3.34. The zero-order valence-corrected chi connectivity index (χ0v) is 15.2. The Kier molecular flexibility index (Phi) is 4.42. The van der Waals surface area contributed by atoms with Crippen molar-refractivity contribution in [1.82, 2.24) is 10.2 Å². The molecule has 0 bridgehead atoms. The molecule has 1 aliphatic carbocycles. The van der Waals surface area contributed by atoms with Crippen molar-refractivity contribution < 1.29 is 14.4 Å². The summed E-state index contributed by atoms with van der Waals surface area (Å²) in [5.41, 5.74) is 2.33. The third kappa shape index (κ3) is 3.74. The lowest BCUT2D eigenvalue weighted by molar-refractivity contribution is -0.136. The van der Waals surface area contributed by atoms with Gasteiger partial charge in [0.2, 0.25) is 5.91 Å². The number of benzene rings is 1. The Morgan fingerprint density at radius 3 is 2.58 bits per heavy atom. The first-order valence-electron chi connectivity index (χ1n) is 9.42. The molecule has 1 aromatic rings. The van der Waals surface area contributed by atoms with E-state index in [9.17, 15) is 9.59 Å². The number of likely N-dealkylation sites (tertiary alicyclic amines) is 1. The average molecular weight is 355 g/mol. The van der Waals surface area contributed by atoms with Gasteiger partial charge in [0.05, 0.1) is 6.42 Å². The van der Waals surface area contributed by atoms with Gasteiger partial charge < -0.3 is 15.1 Å². The van der Waals surface area contributed by atoms with Crippen LogP contribution in [-0.4, -0.2) is 47.2 Å². The average Bonchev–Trinajstić information content (AvgIpc) is 3.36. The van der Waals surface area contributed by atoms with Crippen LogP contribution in [0.15, 0.2) is 29.4 Å². The molecule has 4 rings (SSSR count). The van der Waals surface area contributed by atoms with Crippen molar-refractivity contribution in [2.24, 2.45) is 5.16 Å². The van der Waals surface area contributed by atoms with Crippen LogP contribution in [0.1, 0.15) is 43.2 Å². The normalized spacial score (nSPS) is 21.3. The number of hydrogen-bond donors (Lipinski definition) is 1. The Hall–Kier alpha value is -2.37. The maximum atomic E-state index is 12.5. The minimum absolute atomic E-state index is 0.0951. The topological polar surface area (TPSA) is 71.0 Å². The highest BCUT2D eigenvalue weighted by Crippen LogP contribution is 2.35. The number of nitrogens with zero attached hydrogens (tertiary/aromatic N) is 2.